The van der Waals surface area contributed by atoms with Crippen molar-refractivity contribution in [1.29, 1.82) is 10.7 Å². The van der Waals surface area contributed by atoms with E-state index in [-0.39, 0.29) is 11.5 Å². The van der Waals surface area contributed by atoms with E-state index in [2.05, 4.69) is 15.5 Å². The normalized spacial score (nSPS) is 11.3. The van der Waals surface area contributed by atoms with Crippen molar-refractivity contribution in [1.82, 2.24) is 4.98 Å². The molecule has 0 fully saturated rings. The Kier molecular flexibility index (Phi) is 3.38. The summed E-state index contributed by atoms with van der Waals surface area (Å²) in [5.74, 6) is -0.377. The third-order valence-electron chi connectivity index (χ3n) is 3.23. The molecule has 0 saturated carbocycles. The average molecular weight is 288 g/mol. The third-order valence-corrected chi connectivity index (χ3v) is 3.23. The zero-order valence-electron chi connectivity index (χ0n) is 11.5. The molecule has 0 unspecified atom stereocenters. The maximum atomic E-state index is 8.95. The Hall–Kier alpha value is -3.46. The molecule has 2 aromatic carbocycles. The van der Waals surface area contributed by atoms with Gasteiger partial charge in [-0.3, -0.25) is 10.8 Å². The quantitative estimate of drug-likeness (QED) is 0.297. The minimum absolute atomic E-state index is 0.162. The van der Waals surface area contributed by atoms with Gasteiger partial charge in [0, 0.05) is 10.8 Å². The van der Waals surface area contributed by atoms with Gasteiger partial charge >= 0.3 is 0 Å². The number of nitrogens with one attached hydrogen (secondary N) is 2. The van der Waals surface area contributed by atoms with E-state index in [1.165, 1.54) is 0 Å². The lowest BCUT2D eigenvalue weighted by Gasteiger charge is -2.10. The van der Waals surface area contributed by atoms with Gasteiger partial charge in [-0.05, 0) is 12.1 Å². The Labute approximate surface area is 126 Å². The summed E-state index contributed by atoms with van der Waals surface area (Å²) in [6, 6.07) is 17.1. The van der Waals surface area contributed by atoms with Crippen LogP contribution in [-0.4, -0.2) is 16.5 Å². The van der Waals surface area contributed by atoms with Crippen LogP contribution < -0.4 is 11.2 Å². The molecule has 0 aliphatic carbocycles. The molecule has 0 radical (unpaired) electrons. The van der Waals surface area contributed by atoms with Crippen molar-refractivity contribution in [3.8, 4) is 6.07 Å². The Balaban J connectivity index is 2.25. The van der Waals surface area contributed by atoms with Gasteiger partial charge in [-0.15, -0.1) is 0 Å². The van der Waals surface area contributed by atoms with Crippen LogP contribution in [0.25, 0.3) is 21.8 Å². The fraction of sp³-hybridized carbons (Fsp3) is 0. The number of nitrogens with two attached hydrogens (primary N) is 1. The molecule has 0 aliphatic heterocycles. The number of fused-ring (bicyclic) bond motifs is 2. The third kappa shape index (κ3) is 2.31. The number of benzene rings is 2. The predicted molar refractivity (Wildman–Crippen MR) is 87.8 cm³/mol. The predicted octanol–water partition coefficient (Wildman–Crippen LogP) is 2.62. The molecule has 0 bridgehead atoms. The van der Waals surface area contributed by atoms with E-state index >= 15 is 0 Å². The molecule has 1 heterocycles. The Bertz CT molecular complexity index is 898. The molecule has 0 saturated heterocycles. The summed E-state index contributed by atoms with van der Waals surface area (Å²) in [7, 11) is 0. The second-order valence-corrected chi connectivity index (χ2v) is 4.62. The molecule has 0 amide bonds. The molecule has 3 aromatic rings. The molecule has 3 rings (SSSR count). The summed E-state index contributed by atoms with van der Waals surface area (Å²) in [5, 5.41) is 22.0. The van der Waals surface area contributed by atoms with Gasteiger partial charge in [0.1, 0.15) is 6.07 Å². The van der Waals surface area contributed by atoms with Gasteiger partial charge in [-0.2, -0.15) is 10.4 Å². The molecule has 0 spiro atoms. The molecule has 1 aromatic heterocycles. The van der Waals surface area contributed by atoms with Crippen molar-refractivity contribution in [2.45, 2.75) is 0 Å². The second kappa shape index (κ2) is 5.50. The highest BCUT2D eigenvalue weighted by atomic mass is 15.3. The van der Waals surface area contributed by atoms with Gasteiger partial charge in [0.15, 0.2) is 5.84 Å². The minimum Gasteiger partial charge on any atom is -0.382 e. The standard InChI is InChI=1S/C16H12N6/c17-9-14(16(18)19)21-22-15-10-5-1-3-7-12(10)20-13-8-4-2-6-11(13)15/h1-8H,(H3,18,19)(H,20,22)/b21-14+. The summed E-state index contributed by atoms with van der Waals surface area (Å²) >= 11 is 0. The fourth-order valence-corrected chi connectivity index (χ4v) is 2.22. The highest BCUT2D eigenvalue weighted by molar-refractivity contribution is 6.45. The number of hydrogen-bond acceptors (Lipinski definition) is 5. The van der Waals surface area contributed by atoms with E-state index < -0.39 is 0 Å². The van der Waals surface area contributed by atoms with Crippen molar-refractivity contribution >= 4 is 39.0 Å². The highest BCUT2D eigenvalue weighted by Crippen LogP contribution is 2.30. The van der Waals surface area contributed by atoms with Crippen LogP contribution in [0.1, 0.15) is 0 Å². The van der Waals surface area contributed by atoms with Gasteiger partial charge < -0.3 is 5.73 Å². The number of nitrogens with zero attached hydrogens (tertiary/aromatic N) is 3. The molecule has 6 heteroatoms. The maximum Gasteiger partial charge on any atom is 0.201 e. The van der Waals surface area contributed by atoms with Crippen LogP contribution in [0.3, 0.4) is 0 Å². The van der Waals surface area contributed by atoms with Gasteiger partial charge in [-0.1, -0.05) is 36.4 Å². The number of hydrazone groups is 1. The molecule has 106 valence electrons. The first-order valence-electron chi connectivity index (χ1n) is 6.56. The van der Waals surface area contributed by atoms with Crippen molar-refractivity contribution in [2.75, 3.05) is 5.43 Å². The van der Waals surface area contributed by atoms with Gasteiger partial charge in [0.25, 0.3) is 0 Å². The average Bonchev–Trinajstić information content (AvgIpc) is 2.54. The number of para-hydroxylation sites is 2. The largest absolute Gasteiger partial charge is 0.382 e. The molecule has 0 aliphatic rings. The maximum absolute atomic E-state index is 8.95. The van der Waals surface area contributed by atoms with Crippen LogP contribution in [0, 0.1) is 16.7 Å². The summed E-state index contributed by atoms with van der Waals surface area (Å²) in [5.41, 5.74) is 10.4. The van der Waals surface area contributed by atoms with E-state index in [9.17, 15) is 0 Å². The van der Waals surface area contributed by atoms with E-state index in [0.717, 1.165) is 27.5 Å². The van der Waals surface area contributed by atoms with Crippen LogP contribution in [0.4, 0.5) is 5.69 Å². The van der Waals surface area contributed by atoms with Crippen LogP contribution in [0.5, 0.6) is 0 Å². The number of aromatic nitrogens is 1. The van der Waals surface area contributed by atoms with Crippen LogP contribution >= 0.6 is 0 Å². The van der Waals surface area contributed by atoms with Crippen LogP contribution in [0.2, 0.25) is 0 Å². The van der Waals surface area contributed by atoms with Crippen molar-refractivity contribution < 1.29 is 0 Å². The molecule has 0 atom stereocenters. The SMILES string of the molecule is N#C/C(=N\Nc1c2ccccc2nc2ccccc12)C(=N)N. The van der Waals surface area contributed by atoms with Crippen LogP contribution in [-0.2, 0) is 0 Å². The van der Waals surface area contributed by atoms with Crippen molar-refractivity contribution in [2.24, 2.45) is 10.8 Å². The summed E-state index contributed by atoms with van der Waals surface area (Å²) < 4.78 is 0. The number of rotatable bonds is 3. The van der Waals surface area contributed by atoms with E-state index in [1.54, 1.807) is 6.07 Å². The zero-order valence-corrected chi connectivity index (χ0v) is 11.5. The highest BCUT2D eigenvalue weighted by Gasteiger charge is 2.09. The smallest absolute Gasteiger partial charge is 0.201 e. The Morgan fingerprint density at radius 1 is 1.09 bits per heavy atom. The lowest BCUT2D eigenvalue weighted by molar-refractivity contribution is 1.35. The molecular formula is C16H12N6. The molecular weight excluding hydrogens is 276 g/mol. The molecule has 4 N–H and O–H groups in total. The number of amidine groups is 1. The number of pyridine rings is 1. The number of nitriles is 1. The van der Waals surface area contributed by atoms with Gasteiger partial charge in [0.05, 0.1) is 16.7 Å². The van der Waals surface area contributed by atoms with Crippen molar-refractivity contribution in [3.05, 3.63) is 48.5 Å². The zero-order chi connectivity index (χ0) is 15.5. The topological polar surface area (TPSA) is 111 Å². The molecule has 6 nitrogen and oxygen atoms in total. The number of anilines is 1. The Morgan fingerprint density at radius 2 is 1.64 bits per heavy atom. The van der Waals surface area contributed by atoms with Gasteiger partial charge in [-0.25, -0.2) is 4.98 Å². The first-order chi connectivity index (χ1) is 10.7. The lowest BCUT2D eigenvalue weighted by atomic mass is 10.1. The fourth-order valence-electron chi connectivity index (χ4n) is 2.22. The first kappa shape index (κ1) is 13.5. The lowest BCUT2D eigenvalue weighted by Crippen LogP contribution is -2.21. The summed E-state index contributed by atoms with van der Waals surface area (Å²) in [6.45, 7) is 0. The molecule has 22 heavy (non-hydrogen) atoms. The van der Waals surface area contributed by atoms with E-state index in [1.807, 2.05) is 48.5 Å². The number of hydrogen-bond donors (Lipinski definition) is 3. The van der Waals surface area contributed by atoms with E-state index in [0.29, 0.717) is 0 Å². The van der Waals surface area contributed by atoms with Crippen LogP contribution in [0.15, 0.2) is 53.6 Å². The van der Waals surface area contributed by atoms with Crippen molar-refractivity contribution in [3.63, 3.8) is 0 Å². The summed E-state index contributed by atoms with van der Waals surface area (Å²) in [6.07, 6.45) is 0. The second-order valence-electron chi connectivity index (χ2n) is 4.62. The van der Waals surface area contributed by atoms with Gasteiger partial charge in [0.2, 0.25) is 5.71 Å². The van der Waals surface area contributed by atoms with E-state index in [4.69, 9.17) is 16.4 Å². The Morgan fingerprint density at radius 3 is 2.14 bits per heavy atom. The monoisotopic (exact) mass is 288 g/mol. The first-order valence-corrected chi connectivity index (χ1v) is 6.56. The minimum atomic E-state index is -0.377. The summed E-state index contributed by atoms with van der Waals surface area (Å²) in [4.78, 5) is 4.60.